The van der Waals surface area contributed by atoms with E-state index in [4.69, 9.17) is 0 Å². The number of alkyl halides is 3. The Bertz CT molecular complexity index is 387. The van der Waals surface area contributed by atoms with Gasteiger partial charge in [0.05, 0.1) is 12.5 Å². The second kappa shape index (κ2) is 9.82. The number of likely N-dealkylation sites (tertiary alicyclic amines) is 2. The third-order valence-electron chi connectivity index (χ3n) is 5.11. The number of hydrogen-bond donors (Lipinski definition) is 1. The molecule has 2 aliphatic heterocycles. The van der Waals surface area contributed by atoms with Gasteiger partial charge in [-0.25, -0.2) is 0 Å². The predicted octanol–water partition coefficient (Wildman–Crippen LogP) is 2.53. The summed E-state index contributed by atoms with van der Waals surface area (Å²) in [6.45, 7) is 3.32. The number of nitrogens with zero attached hydrogens (tertiary/aromatic N) is 2. The summed E-state index contributed by atoms with van der Waals surface area (Å²) >= 11 is 0. The van der Waals surface area contributed by atoms with Crippen molar-refractivity contribution in [2.24, 2.45) is 11.8 Å². The standard InChI is InChI=1S/C16H28F3N3O.ClH/c1-20-7-4-13-5-9-21(10-6-13)12-15(23)22-8-2-3-14(11-22)16(17,18)19;/h13-14,20H,2-12H2,1H3;1H. The Morgan fingerprint density at radius 2 is 1.83 bits per heavy atom. The second-order valence-electron chi connectivity index (χ2n) is 6.83. The molecule has 0 aromatic carbocycles. The monoisotopic (exact) mass is 371 g/mol. The second-order valence-corrected chi connectivity index (χ2v) is 6.83. The van der Waals surface area contributed by atoms with E-state index in [1.54, 1.807) is 0 Å². The first kappa shape index (κ1) is 21.5. The first-order valence-corrected chi connectivity index (χ1v) is 8.61. The van der Waals surface area contributed by atoms with Gasteiger partial charge in [-0.3, -0.25) is 9.69 Å². The molecule has 2 saturated heterocycles. The van der Waals surface area contributed by atoms with Gasteiger partial charge in [0, 0.05) is 13.1 Å². The van der Waals surface area contributed by atoms with Gasteiger partial charge in [0.15, 0.2) is 0 Å². The zero-order valence-corrected chi connectivity index (χ0v) is 15.1. The van der Waals surface area contributed by atoms with Crippen LogP contribution in [0.25, 0.3) is 0 Å². The van der Waals surface area contributed by atoms with E-state index in [9.17, 15) is 18.0 Å². The van der Waals surface area contributed by atoms with E-state index in [0.717, 1.165) is 38.9 Å². The molecule has 0 aliphatic carbocycles. The molecule has 0 spiro atoms. The molecule has 2 heterocycles. The molecule has 24 heavy (non-hydrogen) atoms. The number of piperidine rings is 2. The number of rotatable bonds is 5. The van der Waals surface area contributed by atoms with E-state index >= 15 is 0 Å². The SMILES string of the molecule is CNCCC1CCN(CC(=O)N2CCCC(C(F)(F)F)C2)CC1.Cl. The van der Waals surface area contributed by atoms with Crippen LogP contribution in [0.5, 0.6) is 0 Å². The fourth-order valence-corrected chi connectivity index (χ4v) is 3.54. The van der Waals surface area contributed by atoms with E-state index in [1.807, 2.05) is 7.05 Å². The number of nitrogens with one attached hydrogen (secondary N) is 1. The van der Waals surface area contributed by atoms with E-state index < -0.39 is 12.1 Å². The van der Waals surface area contributed by atoms with Gasteiger partial charge in [0.2, 0.25) is 5.91 Å². The van der Waals surface area contributed by atoms with Crippen molar-refractivity contribution in [2.45, 2.75) is 38.3 Å². The van der Waals surface area contributed by atoms with E-state index in [1.165, 1.54) is 4.90 Å². The smallest absolute Gasteiger partial charge is 0.341 e. The Kier molecular flexibility index (Phi) is 8.81. The van der Waals surface area contributed by atoms with Crippen molar-refractivity contribution in [3.8, 4) is 0 Å². The van der Waals surface area contributed by atoms with Crippen molar-refractivity contribution in [3.05, 3.63) is 0 Å². The number of hydrogen-bond acceptors (Lipinski definition) is 3. The van der Waals surface area contributed by atoms with Crippen LogP contribution in [0.1, 0.15) is 32.1 Å². The van der Waals surface area contributed by atoms with Crippen molar-refractivity contribution in [3.63, 3.8) is 0 Å². The summed E-state index contributed by atoms with van der Waals surface area (Å²) in [5.41, 5.74) is 0. The minimum absolute atomic E-state index is 0. The molecule has 142 valence electrons. The summed E-state index contributed by atoms with van der Waals surface area (Å²) in [7, 11) is 1.95. The van der Waals surface area contributed by atoms with Gasteiger partial charge in [-0.15, -0.1) is 12.4 Å². The largest absolute Gasteiger partial charge is 0.393 e. The summed E-state index contributed by atoms with van der Waals surface area (Å²) < 4.78 is 38.5. The summed E-state index contributed by atoms with van der Waals surface area (Å²) in [6, 6.07) is 0. The van der Waals surface area contributed by atoms with Crippen LogP contribution in [0.15, 0.2) is 0 Å². The Hall–Kier alpha value is -0.530. The predicted molar refractivity (Wildman–Crippen MR) is 90.3 cm³/mol. The number of carbonyl (C=O) groups excluding carboxylic acids is 1. The summed E-state index contributed by atoms with van der Waals surface area (Å²) in [4.78, 5) is 15.8. The van der Waals surface area contributed by atoms with Crippen LogP contribution in [0, 0.1) is 11.8 Å². The molecule has 0 bridgehead atoms. The molecule has 4 nitrogen and oxygen atoms in total. The minimum atomic E-state index is -4.19. The van der Waals surface area contributed by atoms with Gasteiger partial charge >= 0.3 is 6.18 Å². The van der Waals surface area contributed by atoms with Crippen molar-refractivity contribution in [1.29, 1.82) is 0 Å². The van der Waals surface area contributed by atoms with Gasteiger partial charge in [-0.05, 0) is 64.7 Å². The van der Waals surface area contributed by atoms with E-state index in [-0.39, 0.29) is 37.8 Å². The van der Waals surface area contributed by atoms with Crippen LogP contribution in [0.4, 0.5) is 13.2 Å². The molecule has 1 atom stereocenters. The van der Waals surface area contributed by atoms with Crippen molar-refractivity contribution in [2.75, 3.05) is 46.3 Å². The summed E-state index contributed by atoms with van der Waals surface area (Å²) in [6.07, 6.45) is -0.311. The summed E-state index contributed by atoms with van der Waals surface area (Å²) in [5, 5.41) is 3.15. The maximum Gasteiger partial charge on any atom is 0.393 e. The zero-order valence-electron chi connectivity index (χ0n) is 14.3. The van der Waals surface area contributed by atoms with Gasteiger partial charge in [0.1, 0.15) is 0 Å². The van der Waals surface area contributed by atoms with Crippen molar-refractivity contribution < 1.29 is 18.0 Å². The average Bonchev–Trinajstić information content (AvgIpc) is 2.53. The molecule has 1 unspecified atom stereocenters. The fraction of sp³-hybridized carbons (Fsp3) is 0.938. The molecule has 2 fully saturated rings. The number of halogens is 4. The van der Waals surface area contributed by atoms with Gasteiger partial charge < -0.3 is 10.2 Å². The maximum absolute atomic E-state index is 12.8. The minimum Gasteiger partial charge on any atom is -0.341 e. The molecule has 8 heteroatoms. The molecule has 1 N–H and O–H groups in total. The third kappa shape index (κ3) is 6.41. The fourth-order valence-electron chi connectivity index (χ4n) is 3.54. The molecule has 2 rings (SSSR count). The highest BCUT2D eigenvalue weighted by Gasteiger charge is 2.42. The molecule has 1 amide bonds. The topological polar surface area (TPSA) is 35.6 Å². The Balaban J connectivity index is 0.00000288. The normalized spacial score (nSPS) is 23.8. The molecular formula is C16H29ClF3N3O. The van der Waals surface area contributed by atoms with Crippen LogP contribution < -0.4 is 5.32 Å². The van der Waals surface area contributed by atoms with Crippen LogP contribution in [0.3, 0.4) is 0 Å². The highest BCUT2D eigenvalue weighted by molar-refractivity contribution is 5.85. The molecule has 0 saturated carbocycles. The Morgan fingerprint density at radius 3 is 2.42 bits per heavy atom. The van der Waals surface area contributed by atoms with Crippen LogP contribution in [0.2, 0.25) is 0 Å². The average molecular weight is 372 g/mol. The molecule has 0 aromatic heterocycles. The number of carbonyl (C=O) groups is 1. The summed E-state index contributed by atoms with van der Waals surface area (Å²) in [5.74, 6) is -0.807. The van der Waals surface area contributed by atoms with Crippen molar-refractivity contribution >= 4 is 18.3 Å². The highest BCUT2D eigenvalue weighted by Crippen LogP contribution is 2.33. The van der Waals surface area contributed by atoms with Crippen LogP contribution in [-0.4, -0.2) is 68.2 Å². The lowest BCUT2D eigenvalue weighted by Crippen LogP contribution is -2.49. The quantitative estimate of drug-likeness (QED) is 0.806. The lowest BCUT2D eigenvalue weighted by Gasteiger charge is -2.36. The Labute approximate surface area is 148 Å². The molecule has 0 radical (unpaired) electrons. The molecule has 0 aromatic rings. The Morgan fingerprint density at radius 1 is 1.17 bits per heavy atom. The number of amides is 1. The van der Waals surface area contributed by atoms with Gasteiger partial charge in [0.25, 0.3) is 0 Å². The lowest BCUT2D eigenvalue weighted by molar-refractivity contribution is -0.188. The van der Waals surface area contributed by atoms with Crippen molar-refractivity contribution in [1.82, 2.24) is 15.1 Å². The lowest BCUT2D eigenvalue weighted by atomic mass is 9.93. The molecule has 2 aliphatic rings. The first-order valence-electron chi connectivity index (χ1n) is 8.61. The van der Waals surface area contributed by atoms with Gasteiger partial charge in [-0.2, -0.15) is 13.2 Å². The van der Waals surface area contributed by atoms with Crippen LogP contribution >= 0.6 is 12.4 Å². The zero-order chi connectivity index (χ0) is 16.9. The first-order chi connectivity index (χ1) is 10.9. The van der Waals surface area contributed by atoms with Gasteiger partial charge in [-0.1, -0.05) is 0 Å². The van der Waals surface area contributed by atoms with Crippen LogP contribution in [-0.2, 0) is 4.79 Å². The van der Waals surface area contributed by atoms with E-state index in [0.29, 0.717) is 18.9 Å². The van der Waals surface area contributed by atoms with E-state index in [2.05, 4.69) is 10.2 Å². The highest BCUT2D eigenvalue weighted by atomic mass is 35.5. The maximum atomic E-state index is 12.8. The molecular weight excluding hydrogens is 343 g/mol. The third-order valence-corrected chi connectivity index (χ3v) is 5.11.